The molecule has 16 heavy (non-hydrogen) atoms. The number of hydrogen-bond acceptors (Lipinski definition) is 2. The van der Waals surface area contributed by atoms with Crippen molar-refractivity contribution in [1.82, 2.24) is 0 Å². The van der Waals surface area contributed by atoms with Crippen molar-refractivity contribution >= 4 is 9.76 Å². The van der Waals surface area contributed by atoms with Crippen LogP contribution in [0.1, 0.15) is 60.3 Å². The van der Waals surface area contributed by atoms with Gasteiger partial charge in [-0.05, 0) is 50.5 Å². The van der Waals surface area contributed by atoms with E-state index in [1.54, 1.807) is 0 Å². The Kier molecular flexibility index (Phi) is 4.61. The van der Waals surface area contributed by atoms with Crippen molar-refractivity contribution in [3.05, 3.63) is 0 Å². The molecule has 0 bridgehead atoms. The quantitative estimate of drug-likeness (QED) is 0.770. The molecule has 1 aliphatic carbocycles. The maximum atomic E-state index is 9.51. The van der Waals surface area contributed by atoms with Crippen LogP contribution in [0.15, 0.2) is 0 Å². The molecule has 2 radical (unpaired) electrons. The van der Waals surface area contributed by atoms with Crippen LogP contribution in [0.5, 0.6) is 0 Å². The molecule has 0 atom stereocenters. The highest BCUT2D eigenvalue weighted by Crippen LogP contribution is 2.36. The van der Waals surface area contributed by atoms with E-state index in [-0.39, 0.29) is 16.7 Å². The van der Waals surface area contributed by atoms with E-state index in [1.165, 1.54) is 0 Å². The molecule has 1 N–H and O–H groups in total. The first kappa shape index (κ1) is 14.2. The van der Waals surface area contributed by atoms with Crippen molar-refractivity contribution in [3.63, 3.8) is 0 Å². The van der Waals surface area contributed by atoms with Gasteiger partial charge in [0.05, 0.1) is 11.7 Å². The first-order valence-electron chi connectivity index (χ1n) is 6.34. The second-order valence-electron chi connectivity index (χ2n) is 6.56. The highest BCUT2D eigenvalue weighted by molar-refractivity contribution is 6.31. The van der Waals surface area contributed by atoms with Crippen LogP contribution in [0.4, 0.5) is 0 Å². The summed E-state index contributed by atoms with van der Waals surface area (Å²) in [6.07, 6.45) is 4.01. The van der Waals surface area contributed by atoms with Gasteiger partial charge in [-0.3, -0.25) is 0 Å². The van der Waals surface area contributed by atoms with Gasteiger partial charge in [-0.1, -0.05) is 20.8 Å². The lowest BCUT2D eigenvalue weighted by atomic mass is 9.78. The molecular formula is C13H26O2Si. The Labute approximate surface area is 103 Å². The summed E-state index contributed by atoms with van der Waals surface area (Å²) in [6.45, 7) is 11.0. The van der Waals surface area contributed by atoms with E-state index in [4.69, 9.17) is 4.43 Å². The summed E-state index contributed by atoms with van der Waals surface area (Å²) in [5.74, 6) is 0.603. The summed E-state index contributed by atoms with van der Waals surface area (Å²) in [6, 6.07) is 0. The van der Waals surface area contributed by atoms with Gasteiger partial charge >= 0.3 is 0 Å². The number of aliphatic hydroxyl groups is 1. The normalized spacial score (nSPS) is 28.1. The molecule has 2 nitrogen and oxygen atoms in total. The lowest BCUT2D eigenvalue weighted by Crippen LogP contribution is -2.40. The van der Waals surface area contributed by atoms with E-state index < -0.39 is 0 Å². The molecule has 0 aromatic heterocycles. The molecule has 94 valence electrons. The molecule has 3 heteroatoms. The molecule has 0 saturated heterocycles. The molecular weight excluding hydrogens is 216 g/mol. The first-order chi connectivity index (χ1) is 7.21. The Balaban J connectivity index is 2.44. The molecule has 0 aliphatic heterocycles. The Morgan fingerprint density at radius 2 is 1.50 bits per heavy atom. The standard InChI is InChI=1S/C13H26O2Si/c1-12(2,3)16-15-13(4,5)10-6-8-11(14)9-7-10/h10-11,14H,6-9H2,1-5H3. The highest BCUT2D eigenvalue weighted by Gasteiger charge is 2.34. The van der Waals surface area contributed by atoms with Gasteiger partial charge in [-0.2, -0.15) is 0 Å². The largest absolute Gasteiger partial charge is 0.412 e. The Morgan fingerprint density at radius 1 is 1.00 bits per heavy atom. The third kappa shape index (κ3) is 4.56. The highest BCUT2D eigenvalue weighted by atomic mass is 28.2. The summed E-state index contributed by atoms with van der Waals surface area (Å²) in [4.78, 5) is 0. The summed E-state index contributed by atoms with van der Waals surface area (Å²) in [5.41, 5.74) is -0.0358. The summed E-state index contributed by atoms with van der Waals surface area (Å²) in [7, 11) is 0.549. The molecule has 1 aliphatic rings. The van der Waals surface area contributed by atoms with E-state index in [1.807, 2.05) is 0 Å². The van der Waals surface area contributed by atoms with Crippen LogP contribution in [-0.2, 0) is 4.43 Å². The van der Waals surface area contributed by atoms with Gasteiger partial charge in [-0.25, -0.2) is 0 Å². The average Bonchev–Trinajstić information content (AvgIpc) is 2.15. The van der Waals surface area contributed by atoms with Crippen LogP contribution in [0.2, 0.25) is 5.04 Å². The maximum absolute atomic E-state index is 9.51. The minimum Gasteiger partial charge on any atom is -0.412 e. The zero-order chi connectivity index (χ0) is 12.4. The number of aliphatic hydroxyl groups excluding tert-OH is 1. The van der Waals surface area contributed by atoms with E-state index in [0.29, 0.717) is 15.7 Å². The fraction of sp³-hybridized carbons (Fsp3) is 1.00. The van der Waals surface area contributed by atoms with Crippen LogP contribution in [0.3, 0.4) is 0 Å². The fourth-order valence-corrected chi connectivity index (χ4v) is 2.87. The topological polar surface area (TPSA) is 29.5 Å². The second-order valence-corrected chi connectivity index (χ2v) is 8.47. The van der Waals surface area contributed by atoms with Crippen molar-refractivity contribution in [2.75, 3.05) is 0 Å². The van der Waals surface area contributed by atoms with Gasteiger partial charge in [-0.15, -0.1) is 0 Å². The van der Waals surface area contributed by atoms with Crippen molar-refractivity contribution < 1.29 is 9.53 Å². The van der Waals surface area contributed by atoms with Crippen LogP contribution in [-0.4, -0.2) is 26.6 Å². The zero-order valence-electron chi connectivity index (χ0n) is 11.3. The van der Waals surface area contributed by atoms with Gasteiger partial charge < -0.3 is 9.53 Å². The van der Waals surface area contributed by atoms with Crippen molar-refractivity contribution in [1.29, 1.82) is 0 Å². The summed E-state index contributed by atoms with van der Waals surface area (Å²) >= 11 is 0. The minimum absolute atomic E-state index is 0.0358. The lowest BCUT2D eigenvalue weighted by molar-refractivity contribution is -0.000241. The number of rotatable bonds is 3. The molecule has 1 saturated carbocycles. The maximum Gasteiger partial charge on any atom is 0.236 e. The molecule has 0 unspecified atom stereocenters. The summed E-state index contributed by atoms with van der Waals surface area (Å²) < 4.78 is 6.11. The molecule has 1 fully saturated rings. The van der Waals surface area contributed by atoms with E-state index in [2.05, 4.69) is 34.6 Å². The van der Waals surface area contributed by atoms with E-state index in [0.717, 1.165) is 25.7 Å². The van der Waals surface area contributed by atoms with Gasteiger partial charge in [0.15, 0.2) is 0 Å². The molecule has 0 aromatic rings. The number of hydrogen-bond donors (Lipinski definition) is 1. The smallest absolute Gasteiger partial charge is 0.236 e. The van der Waals surface area contributed by atoms with Gasteiger partial charge in [0.1, 0.15) is 0 Å². The first-order valence-corrected chi connectivity index (χ1v) is 7.25. The van der Waals surface area contributed by atoms with E-state index in [9.17, 15) is 5.11 Å². The van der Waals surface area contributed by atoms with Gasteiger partial charge in [0, 0.05) is 0 Å². The predicted octanol–water partition coefficient (Wildman–Crippen LogP) is 3.17. The molecule has 0 heterocycles. The average molecular weight is 242 g/mol. The molecule has 0 spiro atoms. The lowest BCUT2D eigenvalue weighted by Gasteiger charge is -2.39. The summed E-state index contributed by atoms with van der Waals surface area (Å²) in [5, 5.41) is 9.77. The third-order valence-electron chi connectivity index (χ3n) is 3.30. The SMILES string of the molecule is CC(C)(C)[Si]OC(C)(C)C1CCC(O)CC1. The van der Waals surface area contributed by atoms with Crippen molar-refractivity contribution in [2.24, 2.45) is 5.92 Å². The Hall–Kier alpha value is 0.137. The minimum atomic E-state index is -0.0721. The fourth-order valence-electron chi connectivity index (χ4n) is 2.14. The monoisotopic (exact) mass is 242 g/mol. The van der Waals surface area contributed by atoms with Gasteiger partial charge in [0.2, 0.25) is 9.76 Å². The second kappa shape index (κ2) is 5.19. The molecule has 0 aromatic carbocycles. The van der Waals surface area contributed by atoms with Crippen LogP contribution >= 0.6 is 0 Å². The van der Waals surface area contributed by atoms with Gasteiger partial charge in [0.25, 0.3) is 0 Å². The molecule has 1 rings (SSSR count). The molecule has 0 amide bonds. The van der Waals surface area contributed by atoms with Crippen LogP contribution in [0.25, 0.3) is 0 Å². The predicted molar refractivity (Wildman–Crippen MR) is 68.6 cm³/mol. The Bertz CT molecular complexity index is 212. The van der Waals surface area contributed by atoms with E-state index >= 15 is 0 Å². The van der Waals surface area contributed by atoms with Crippen LogP contribution in [0, 0.1) is 5.92 Å². The van der Waals surface area contributed by atoms with Crippen LogP contribution < -0.4 is 0 Å². The third-order valence-corrected chi connectivity index (χ3v) is 4.54. The Morgan fingerprint density at radius 3 is 1.94 bits per heavy atom. The van der Waals surface area contributed by atoms with Crippen molar-refractivity contribution in [3.8, 4) is 0 Å². The zero-order valence-corrected chi connectivity index (χ0v) is 12.3. The van der Waals surface area contributed by atoms with Crippen molar-refractivity contribution in [2.45, 2.75) is 77.0 Å².